The fourth-order valence-corrected chi connectivity index (χ4v) is 4.52. The van der Waals surface area contributed by atoms with Gasteiger partial charge in [0.2, 0.25) is 0 Å². The van der Waals surface area contributed by atoms with Gasteiger partial charge >= 0.3 is 0 Å². The first-order chi connectivity index (χ1) is 9.93. The molecule has 2 heteroatoms. The maximum Gasteiger partial charge on any atom is 0.0699 e. The van der Waals surface area contributed by atoms with E-state index in [-0.39, 0.29) is 0 Å². The molecule has 0 saturated carbocycles. The van der Waals surface area contributed by atoms with Crippen LogP contribution in [-0.2, 0) is 0 Å². The summed E-state index contributed by atoms with van der Waals surface area (Å²) >= 11 is 0. The normalized spacial score (nSPS) is 11.2. The zero-order chi connectivity index (χ0) is 13.6. The molecule has 1 heterocycles. The average molecular weight is 275 g/mol. The molecule has 0 aliphatic heterocycles. The highest BCUT2D eigenvalue weighted by Gasteiger charge is 2.15. The van der Waals surface area contributed by atoms with Gasteiger partial charge in [-0.2, -0.15) is 0 Å². The highest BCUT2D eigenvalue weighted by atomic mass is 28.2. The third kappa shape index (κ3) is 3.03. The van der Waals surface area contributed by atoms with Crippen LogP contribution in [-0.4, -0.2) is 14.5 Å². The minimum atomic E-state index is -0.456. The molecule has 20 heavy (non-hydrogen) atoms. The lowest BCUT2D eigenvalue weighted by Gasteiger charge is -2.17. The Kier molecular flexibility index (Phi) is 4.04. The van der Waals surface area contributed by atoms with Crippen molar-refractivity contribution in [3.63, 3.8) is 0 Å². The fourth-order valence-electron chi connectivity index (χ4n) is 2.55. The highest BCUT2D eigenvalue weighted by Crippen LogP contribution is 2.22. The monoisotopic (exact) mass is 275 g/mol. The predicted octanol–water partition coefficient (Wildman–Crippen LogP) is 2.67. The molecular weight excluding hydrogens is 258 g/mol. The number of hydrogen-bond acceptors (Lipinski definition) is 1. The predicted molar refractivity (Wildman–Crippen MR) is 87.1 cm³/mol. The number of benzene rings is 2. The Hall–Kier alpha value is -2.19. The minimum Gasteiger partial charge on any atom is -0.265 e. The standard InChI is InChI=1S/C18H17NSi/c1-3-8-15(9-4-1)18(16-10-5-2-6-11-16)20-17-12-7-13-19-14-17/h1-14,18H,20H2. The summed E-state index contributed by atoms with van der Waals surface area (Å²) in [4.78, 5) is 4.26. The minimum absolute atomic E-state index is 0.456. The molecule has 1 nitrogen and oxygen atoms in total. The molecule has 0 saturated heterocycles. The van der Waals surface area contributed by atoms with Gasteiger partial charge in [-0.3, -0.25) is 4.98 Å². The van der Waals surface area contributed by atoms with Crippen LogP contribution in [0, 0.1) is 0 Å². The van der Waals surface area contributed by atoms with Gasteiger partial charge in [-0.1, -0.05) is 66.7 Å². The van der Waals surface area contributed by atoms with Gasteiger partial charge in [0, 0.05) is 17.9 Å². The van der Waals surface area contributed by atoms with Crippen LogP contribution in [0.15, 0.2) is 85.2 Å². The number of rotatable bonds is 4. The molecule has 0 aliphatic carbocycles. The van der Waals surface area contributed by atoms with Crippen LogP contribution in [0.5, 0.6) is 0 Å². The van der Waals surface area contributed by atoms with Gasteiger partial charge < -0.3 is 0 Å². The van der Waals surface area contributed by atoms with E-state index in [1.807, 2.05) is 18.5 Å². The summed E-state index contributed by atoms with van der Waals surface area (Å²) in [6.45, 7) is 0. The van der Waals surface area contributed by atoms with Crippen molar-refractivity contribution < 1.29 is 0 Å². The Balaban J connectivity index is 1.96. The van der Waals surface area contributed by atoms with Gasteiger partial charge in [0.15, 0.2) is 0 Å². The van der Waals surface area contributed by atoms with Crippen molar-refractivity contribution in [2.24, 2.45) is 0 Å². The summed E-state index contributed by atoms with van der Waals surface area (Å²) in [6, 6.07) is 25.9. The Morgan fingerprint density at radius 3 is 1.80 bits per heavy atom. The average Bonchev–Trinajstić information content (AvgIpc) is 2.55. The second-order valence-corrected chi connectivity index (χ2v) is 6.98. The number of pyridine rings is 1. The maximum atomic E-state index is 4.26. The van der Waals surface area contributed by atoms with E-state index in [0.29, 0.717) is 5.54 Å². The van der Waals surface area contributed by atoms with Gasteiger partial charge in [0.1, 0.15) is 0 Å². The van der Waals surface area contributed by atoms with Crippen LogP contribution in [0.1, 0.15) is 16.7 Å². The van der Waals surface area contributed by atoms with E-state index in [9.17, 15) is 0 Å². The summed E-state index contributed by atoms with van der Waals surface area (Å²) in [5.41, 5.74) is 3.34. The van der Waals surface area contributed by atoms with E-state index in [1.54, 1.807) is 0 Å². The molecule has 0 bridgehead atoms. The second-order valence-electron chi connectivity index (χ2n) is 4.94. The largest absolute Gasteiger partial charge is 0.265 e. The Bertz CT molecular complexity index is 599. The lowest BCUT2D eigenvalue weighted by atomic mass is 10.0. The smallest absolute Gasteiger partial charge is 0.0699 e. The lowest BCUT2D eigenvalue weighted by Crippen LogP contribution is -2.23. The van der Waals surface area contributed by atoms with Crippen LogP contribution in [0.2, 0.25) is 0 Å². The molecule has 0 radical (unpaired) electrons. The summed E-state index contributed by atoms with van der Waals surface area (Å²) in [5, 5.41) is 1.41. The fraction of sp³-hybridized carbons (Fsp3) is 0.0556. The zero-order valence-corrected chi connectivity index (χ0v) is 12.7. The molecule has 0 unspecified atom stereocenters. The van der Waals surface area contributed by atoms with Gasteiger partial charge in [-0.05, 0) is 22.4 Å². The summed E-state index contributed by atoms with van der Waals surface area (Å²) in [6.07, 6.45) is 3.86. The van der Waals surface area contributed by atoms with Crippen molar-refractivity contribution in [3.8, 4) is 0 Å². The van der Waals surface area contributed by atoms with Gasteiger partial charge in [0.05, 0.1) is 9.52 Å². The van der Waals surface area contributed by atoms with Gasteiger partial charge in [-0.25, -0.2) is 0 Å². The first-order valence-electron chi connectivity index (χ1n) is 6.92. The van der Waals surface area contributed by atoms with Crippen LogP contribution in [0.4, 0.5) is 0 Å². The molecule has 0 atom stereocenters. The number of nitrogens with zero attached hydrogens (tertiary/aromatic N) is 1. The van der Waals surface area contributed by atoms with Gasteiger partial charge in [-0.15, -0.1) is 0 Å². The van der Waals surface area contributed by atoms with E-state index in [4.69, 9.17) is 0 Å². The SMILES string of the molecule is c1ccc(C([SiH2]c2cccnc2)c2ccccc2)cc1. The van der Waals surface area contributed by atoms with Crippen molar-refractivity contribution in [1.29, 1.82) is 0 Å². The quantitative estimate of drug-likeness (QED) is 0.667. The van der Waals surface area contributed by atoms with Crippen LogP contribution >= 0.6 is 0 Å². The van der Waals surface area contributed by atoms with Crippen LogP contribution < -0.4 is 5.19 Å². The summed E-state index contributed by atoms with van der Waals surface area (Å²) in [7, 11) is -0.456. The molecule has 3 rings (SSSR count). The molecule has 0 spiro atoms. The molecule has 2 aromatic carbocycles. The number of hydrogen-bond donors (Lipinski definition) is 0. The van der Waals surface area contributed by atoms with Crippen LogP contribution in [0.3, 0.4) is 0 Å². The lowest BCUT2D eigenvalue weighted by molar-refractivity contribution is 1.13. The van der Waals surface area contributed by atoms with E-state index >= 15 is 0 Å². The van der Waals surface area contributed by atoms with Crippen molar-refractivity contribution >= 4 is 14.7 Å². The van der Waals surface area contributed by atoms with Crippen molar-refractivity contribution in [3.05, 3.63) is 96.3 Å². The maximum absolute atomic E-state index is 4.26. The molecule has 0 aliphatic rings. The van der Waals surface area contributed by atoms with E-state index in [1.165, 1.54) is 16.3 Å². The van der Waals surface area contributed by atoms with Crippen molar-refractivity contribution in [2.75, 3.05) is 0 Å². The molecule has 98 valence electrons. The molecular formula is C18H17NSi. The topological polar surface area (TPSA) is 12.9 Å². The first-order valence-corrected chi connectivity index (χ1v) is 8.44. The number of aromatic nitrogens is 1. The van der Waals surface area contributed by atoms with Crippen molar-refractivity contribution in [1.82, 2.24) is 4.98 Å². The van der Waals surface area contributed by atoms with E-state index in [0.717, 1.165) is 0 Å². The third-order valence-electron chi connectivity index (χ3n) is 3.57. The highest BCUT2D eigenvalue weighted by molar-refractivity contribution is 6.55. The van der Waals surface area contributed by atoms with Crippen LogP contribution in [0.25, 0.3) is 0 Å². The summed E-state index contributed by atoms with van der Waals surface area (Å²) < 4.78 is 0. The molecule has 0 amide bonds. The molecule has 1 aromatic heterocycles. The Morgan fingerprint density at radius 2 is 1.30 bits per heavy atom. The van der Waals surface area contributed by atoms with E-state index in [2.05, 4.69) is 71.7 Å². The van der Waals surface area contributed by atoms with Crippen molar-refractivity contribution in [2.45, 2.75) is 5.54 Å². The molecule has 0 fully saturated rings. The zero-order valence-electron chi connectivity index (χ0n) is 11.3. The molecule has 0 N–H and O–H groups in total. The summed E-state index contributed by atoms with van der Waals surface area (Å²) in [5.74, 6) is 0. The first kappa shape index (κ1) is 12.8. The third-order valence-corrected chi connectivity index (χ3v) is 5.81. The second kappa shape index (κ2) is 6.31. The van der Waals surface area contributed by atoms with E-state index < -0.39 is 9.52 Å². The van der Waals surface area contributed by atoms with Gasteiger partial charge in [0.25, 0.3) is 0 Å². The Labute approximate surface area is 122 Å². The Morgan fingerprint density at radius 1 is 0.700 bits per heavy atom. The molecule has 3 aromatic rings.